The zero-order valence-electron chi connectivity index (χ0n) is 13.3. The average Bonchev–Trinajstić information content (AvgIpc) is 3.13. The van der Waals surface area contributed by atoms with Gasteiger partial charge in [-0.3, -0.25) is 0 Å². The van der Waals surface area contributed by atoms with Gasteiger partial charge in [0.05, 0.1) is 31.6 Å². The third kappa shape index (κ3) is 2.83. The summed E-state index contributed by atoms with van der Waals surface area (Å²) in [5.74, 6) is 1.48. The molecule has 1 N–H and O–H groups in total. The number of rotatable bonds is 5. The summed E-state index contributed by atoms with van der Waals surface area (Å²) in [5.41, 5.74) is 3.94. The summed E-state index contributed by atoms with van der Waals surface area (Å²) in [4.78, 5) is 0. The van der Waals surface area contributed by atoms with Crippen LogP contribution in [-0.2, 0) is 13.2 Å². The number of aliphatic hydroxyl groups excluding tert-OH is 1. The number of nitrogens with zero attached hydrogens (tertiary/aromatic N) is 4. The molecule has 23 heavy (non-hydrogen) atoms. The minimum Gasteiger partial charge on any atom is -0.497 e. The highest BCUT2D eigenvalue weighted by Gasteiger charge is 2.18. The van der Waals surface area contributed by atoms with Crippen molar-refractivity contribution in [2.24, 2.45) is 0 Å². The number of aromatic nitrogens is 4. The molecular weight excluding hydrogens is 296 g/mol. The highest BCUT2D eigenvalue weighted by molar-refractivity contribution is 5.63. The largest absolute Gasteiger partial charge is 0.497 e. The highest BCUT2D eigenvalue weighted by Crippen LogP contribution is 2.27. The molecule has 1 aromatic carbocycles. The van der Waals surface area contributed by atoms with Crippen molar-refractivity contribution in [2.75, 3.05) is 7.11 Å². The number of methoxy groups -OCH3 is 1. The minimum atomic E-state index is -0.186. The first-order valence-electron chi connectivity index (χ1n) is 7.23. The first-order valence-corrected chi connectivity index (χ1v) is 7.23. The first-order chi connectivity index (χ1) is 11.1. The van der Waals surface area contributed by atoms with Crippen LogP contribution in [0.4, 0.5) is 0 Å². The Kier molecular flexibility index (Phi) is 4.12. The topological polar surface area (TPSA) is 86.2 Å². The predicted molar refractivity (Wildman–Crippen MR) is 83.0 cm³/mol. The third-order valence-corrected chi connectivity index (χ3v) is 3.79. The van der Waals surface area contributed by atoms with Crippen LogP contribution in [0.1, 0.15) is 22.7 Å². The molecule has 3 aromatic rings. The lowest BCUT2D eigenvalue weighted by atomic mass is 10.1. The molecule has 7 heteroatoms. The molecule has 0 saturated carbocycles. The molecule has 120 valence electrons. The van der Waals surface area contributed by atoms with Crippen molar-refractivity contribution >= 4 is 0 Å². The molecule has 7 nitrogen and oxygen atoms in total. The average molecular weight is 314 g/mol. The van der Waals surface area contributed by atoms with Gasteiger partial charge in [-0.2, -0.15) is 0 Å². The maximum absolute atomic E-state index is 9.58. The molecule has 0 aliphatic carbocycles. The van der Waals surface area contributed by atoms with Gasteiger partial charge in [0.2, 0.25) is 0 Å². The summed E-state index contributed by atoms with van der Waals surface area (Å²) in [6, 6.07) is 7.58. The lowest BCUT2D eigenvalue weighted by molar-refractivity contribution is 0.277. The van der Waals surface area contributed by atoms with Gasteiger partial charge in [0.1, 0.15) is 17.2 Å². The van der Waals surface area contributed by atoms with E-state index in [2.05, 4.69) is 15.5 Å². The van der Waals surface area contributed by atoms with Gasteiger partial charge in [-0.05, 0) is 26.0 Å². The summed E-state index contributed by atoms with van der Waals surface area (Å²) in [6.45, 7) is 4.04. The van der Waals surface area contributed by atoms with E-state index in [0.29, 0.717) is 12.2 Å². The Morgan fingerprint density at radius 2 is 2.13 bits per heavy atom. The van der Waals surface area contributed by atoms with Crippen molar-refractivity contribution in [2.45, 2.75) is 27.0 Å². The van der Waals surface area contributed by atoms with Crippen LogP contribution in [0.3, 0.4) is 0 Å². The molecule has 2 aromatic heterocycles. The van der Waals surface area contributed by atoms with Crippen LogP contribution in [0.15, 0.2) is 28.8 Å². The zero-order valence-corrected chi connectivity index (χ0v) is 13.3. The van der Waals surface area contributed by atoms with Crippen molar-refractivity contribution < 1.29 is 14.4 Å². The van der Waals surface area contributed by atoms with Crippen LogP contribution in [0.5, 0.6) is 5.75 Å². The highest BCUT2D eigenvalue weighted by atomic mass is 16.5. The monoisotopic (exact) mass is 314 g/mol. The molecule has 0 amide bonds. The van der Waals surface area contributed by atoms with E-state index in [-0.39, 0.29) is 6.61 Å². The van der Waals surface area contributed by atoms with Gasteiger partial charge in [-0.15, -0.1) is 5.10 Å². The van der Waals surface area contributed by atoms with Gasteiger partial charge in [-0.1, -0.05) is 22.5 Å². The van der Waals surface area contributed by atoms with Crippen LogP contribution in [-0.4, -0.2) is 32.4 Å². The first kappa shape index (κ1) is 15.2. The lowest BCUT2D eigenvalue weighted by Gasteiger charge is -2.09. The SMILES string of the molecule is COc1cccc(-c2c(CO)nnn2Cc2c(C)noc2C)c1. The predicted octanol–water partition coefficient (Wildman–Crippen LogP) is 2.10. The van der Waals surface area contributed by atoms with Crippen LogP contribution in [0.25, 0.3) is 11.3 Å². The second-order valence-corrected chi connectivity index (χ2v) is 5.24. The number of aliphatic hydroxyl groups is 1. The Morgan fingerprint density at radius 1 is 1.30 bits per heavy atom. The summed E-state index contributed by atoms with van der Waals surface area (Å²) in [6.07, 6.45) is 0. The Bertz CT molecular complexity index is 803. The molecule has 3 rings (SSSR count). The second kappa shape index (κ2) is 6.21. The minimum absolute atomic E-state index is 0.186. The molecule has 0 aliphatic rings. The van der Waals surface area contributed by atoms with E-state index < -0.39 is 0 Å². The van der Waals surface area contributed by atoms with E-state index in [1.165, 1.54) is 0 Å². The molecule has 0 saturated heterocycles. The van der Waals surface area contributed by atoms with E-state index in [9.17, 15) is 5.11 Å². The standard InChI is InChI=1S/C16H18N4O3/c1-10-14(11(2)23-18-10)8-20-16(15(9-21)17-19-20)12-5-4-6-13(7-12)22-3/h4-7,21H,8-9H2,1-3H3. The molecule has 0 spiro atoms. The van der Waals surface area contributed by atoms with Crippen LogP contribution < -0.4 is 4.74 Å². The summed E-state index contributed by atoms with van der Waals surface area (Å²) >= 11 is 0. The quantitative estimate of drug-likeness (QED) is 0.776. The van der Waals surface area contributed by atoms with Crippen molar-refractivity contribution in [1.82, 2.24) is 20.2 Å². The van der Waals surface area contributed by atoms with Crippen molar-refractivity contribution in [3.8, 4) is 17.0 Å². The maximum atomic E-state index is 9.58. The van der Waals surface area contributed by atoms with E-state index in [1.54, 1.807) is 11.8 Å². The maximum Gasteiger partial charge on any atom is 0.138 e. The molecular formula is C16H18N4O3. The lowest BCUT2D eigenvalue weighted by Crippen LogP contribution is -2.06. The van der Waals surface area contributed by atoms with Gasteiger partial charge < -0.3 is 14.4 Å². The van der Waals surface area contributed by atoms with Crippen LogP contribution in [0, 0.1) is 13.8 Å². The Labute approximate surface area is 133 Å². The summed E-state index contributed by atoms with van der Waals surface area (Å²) in [7, 11) is 1.62. The van der Waals surface area contributed by atoms with E-state index >= 15 is 0 Å². The van der Waals surface area contributed by atoms with Gasteiger partial charge in [-0.25, -0.2) is 4.68 Å². The molecule has 0 aliphatic heterocycles. The fourth-order valence-corrected chi connectivity index (χ4v) is 2.53. The zero-order chi connectivity index (χ0) is 16.4. The Balaban J connectivity index is 2.07. The number of hydrogen-bond acceptors (Lipinski definition) is 6. The Morgan fingerprint density at radius 3 is 2.78 bits per heavy atom. The fraction of sp³-hybridized carbons (Fsp3) is 0.312. The van der Waals surface area contributed by atoms with E-state index in [0.717, 1.165) is 34.0 Å². The number of ether oxygens (including phenoxy) is 1. The number of benzene rings is 1. The fourth-order valence-electron chi connectivity index (χ4n) is 2.53. The number of aryl methyl sites for hydroxylation is 2. The van der Waals surface area contributed by atoms with E-state index in [1.807, 2.05) is 38.1 Å². The second-order valence-electron chi connectivity index (χ2n) is 5.24. The van der Waals surface area contributed by atoms with Gasteiger partial charge in [0, 0.05) is 11.1 Å². The Hall–Kier alpha value is -2.67. The summed E-state index contributed by atoms with van der Waals surface area (Å²) < 4.78 is 12.2. The van der Waals surface area contributed by atoms with Crippen LogP contribution >= 0.6 is 0 Å². The van der Waals surface area contributed by atoms with Gasteiger partial charge >= 0.3 is 0 Å². The van der Waals surface area contributed by atoms with Crippen LogP contribution in [0.2, 0.25) is 0 Å². The smallest absolute Gasteiger partial charge is 0.138 e. The van der Waals surface area contributed by atoms with Crippen molar-refractivity contribution in [1.29, 1.82) is 0 Å². The molecule has 0 atom stereocenters. The molecule has 0 fully saturated rings. The van der Waals surface area contributed by atoms with Gasteiger partial charge in [0.15, 0.2) is 0 Å². The third-order valence-electron chi connectivity index (χ3n) is 3.79. The molecule has 0 radical (unpaired) electrons. The molecule has 0 bridgehead atoms. The van der Waals surface area contributed by atoms with Crippen molar-refractivity contribution in [3.05, 3.63) is 47.0 Å². The normalized spacial score (nSPS) is 11.0. The van der Waals surface area contributed by atoms with E-state index in [4.69, 9.17) is 9.26 Å². The molecule has 2 heterocycles. The number of hydrogen-bond donors (Lipinski definition) is 1. The summed E-state index contributed by atoms with van der Waals surface area (Å²) in [5, 5.41) is 21.8. The molecule has 0 unspecified atom stereocenters. The van der Waals surface area contributed by atoms with Crippen molar-refractivity contribution in [3.63, 3.8) is 0 Å². The van der Waals surface area contributed by atoms with Gasteiger partial charge in [0.25, 0.3) is 0 Å².